The van der Waals surface area contributed by atoms with E-state index >= 15 is 0 Å². The quantitative estimate of drug-likeness (QED) is 0.792. The summed E-state index contributed by atoms with van der Waals surface area (Å²) in [5, 5.41) is 6.50. The normalized spacial score (nSPS) is 19.6. The second-order valence-corrected chi connectivity index (χ2v) is 7.01. The summed E-state index contributed by atoms with van der Waals surface area (Å²) < 4.78 is 1.05. The van der Waals surface area contributed by atoms with Gasteiger partial charge in [0.05, 0.1) is 12.6 Å². The Labute approximate surface area is 153 Å². The third-order valence-electron chi connectivity index (χ3n) is 4.31. The van der Waals surface area contributed by atoms with Gasteiger partial charge in [0.15, 0.2) is 0 Å². The van der Waals surface area contributed by atoms with Crippen LogP contribution in [0.5, 0.6) is 0 Å². The minimum absolute atomic E-state index is 0. The number of hydrogen-bond donors (Lipinski definition) is 2. The number of amides is 1. The first-order chi connectivity index (χ1) is 10.6. The number of benzene rings is 1. The molecule has 1 amide bonds. The molecule has 1 heterocycles. The van der Waals surface area contributed by atoms with Crippen molar-refractivity contribution >= 4 is 34.2 Å². The maximum atomic E-state index is 12.3. The molecule has 2 atom stereocenters. The minimum atomic E-state index is 0. The van der Waals surface area contributed by atoms with E-state index in [0.29, 0.717) is 12.6 Å². The van der Waals surface area contributed by atoms with Crippen molar-refractivity contribution in [1.82, 2.24) is 15.5 Å². The van der Waals surface area contributed by atoms with E-state index < -0.39 is 0 Å². The molecule has 1 aromatic rings. The zero-order valence-corrected chi connectivity index (χ0v) is 16.3. The molecular weight excluding hydrogens is 378 g/mol. The molecular formula is C17H27BrClN3O. The molecule has 4 nitrogen and oxygen atoms in total. The highest BCUT2D eigenvalue weighted by molar-refractivity contribution is 9.10. The molecule has 1 saturated heterocycles. The van der Waals surface area contributed by atoms with E-state index in [0.717, 1.165) is 29.5 Å². The van der Waals surface area contributed by atoms with E-state index in [1.807, 2.05) is 31.2 Å². The molecule has 1 aliphatic rings. The van der Waals surface area contributed by atoms with Gasteiger partial charge >= 0.3 is 0 Å². The summed E-state index contributed by atoms with van der Waals surface area (Å²) in [4.78, 5) is 14.4. The molecule has 1 aliphatic heterocycles. The van der Waals surface area contributed by atoms with Crippen molar-refractivity contribution < 1.29 is 4.79 Å². The van der Waals surface area contributed by atoms with Crippen molar-refractivity contribution in [2.45, 2.75) is 38.3 Å². The van der Waals surface area contributed by atoms with Crippen LogP contribution in [0.25, 0.3) is 0 Å². The molecule has 1 aromatic carbocycles. The second kappa shape index (κ2) is 10.3. The lowest BCUT2D eigenvalue weighted by atomic mass is 10.1. The molecule has 2 N–H and O–H groups in total. The number of nitrogens with zero attached hydrogens (tertiary/aromatic N) is 1. The standard InChI is InChI=1S/C17H26BrN3O.ClH/c1-13(14-5-7-15(18)8-6-14)20-17(22)12-21(2)16-4-3-10-19-11-9-16;/h5-8,13,16,19H,3-4,9-12H2,1-2H3,(H,20,22);1H. The Balaban J connectivity index is 0.00000264. The van der Waals surface area contributed by atoms with Gasteiger partial charge < -0.3 is 10.6 Å². The zero-order chi connectivity index (χ0) is 15.9. The summed E-state index contributed by atoms with van der Waals surface area (Å²) in [5.74, 6) is 0.0927. The predicted molar refractivity (Wildman–Crippen MR) is 101 cm³/mol. The van der Waals surface area contributed by atoms with E-state index in [2.05, 4.69) is 38.5 Å². The van der Waals surface area contributed by atoms with Gasteiger partial charge in [0.2, 0.25) is 5.91 Å². The van der Waals surface area contributed by atoms with Crippen molar-refractivity contribution in [3.05, 3.63) is 34.3 Å². The number of nitrogens with one attached hydrogen (secondary N) is 2. The number of likely N-dealkylation sites (N-methyl/N-ethyl adjacent to an activating group) is 1. The third-order valence-corrected chi connectivity index (χ3v) is 4.84. The third kappa shape index (κ3) is 6.79. The van der Waals surface area contributed by atoms with Crippen molar-refractivity contribution in [1.29, 1.82) is 0 Å². The highest BCUT2D eigenvalue weighted by atomic mass is 79.9. The summed E-state index contributed by atoms with van der Waals surface area (Å²) in [5.41, 5.74) is 1.12. The van der Waals surface area contributed by atoms with Crippen LogP contribution in [0.2, 0.25) is 0 Å². The number of carbonyl (C=O) groups is 1. The first-order valence-electron chi connectivity index (χ1n) is 8.02. The molecule has 2 unspecified atom stereocenters. The van der Waals surface area contributed by atoms with Gasteiger partial charge in [-0.2, -0.15) is 0 Å². The summed E-state index contributed by atoms with van der Waals surface area (Å²) in [6, 6.07) is 8.62. The van der Waals surface area contributed by atoms with Crippen molar-refractivity contribution in [2.75, 3.05) is 26.7 Å². The first kappa shape index (κ1) is 20.4. The van der Waals surface area contributed by atoms with Crippen LogP contribution in [0, 0.1) is 0 Å². The lowest BCUT2D eigenvalue weighted by Gasteiger charge is -2.27. The van der Waals surface area contributed by atoms with Gasteiger partial charge in [-0.15, -0.1) is 12.4 Å². The Morgan fingerprint density at radius 1 is 1.35 bits per heavy atom. The molecule has 6 heteroatoms. The van der Waals surface area contributed by atoms with Gasteiger partial charge in [-0.1, -0.05) is 28.1 Å². The Morgan fingerprint density at radius 3 is 2.74 bits per heavy atom. The van der Waals surface area contributed by atoms with Crippen LogP contribution < -0.4 is 10.6 Å². The van der Waals surface area contributed by atoms with Crippen molar-refractivity contribution in [3.8, 4) is 0 Å². The lowest BCUT2D eigenvalue weighted by Crippen LogP contribution is -2.41. The fraction of sp³-hybridized carbons (Fsp3) is 0.588. The van der Waals surface area contributed by atoms with Crippen molar-refractivity contribution in [3.63, 3.8) is 0 Å². The van der Waals surface area contributed by atoms with Crippen molar-refractivity contribution in [2.24, 2.45) is 0 Å². The molecule has 0 bridgehead atoms. The molecule has 0 saturated carbocycles. The maximum Gasteiger partial charge on any atom is 0.234 e. The Hall–Kier alpha value is -0.620. The molecule has 23 heavy (non-hydrogen) atoms. The highest BCUT2D eigenvalue weighted by Crippen LogP contribution is 2.17. The summed E-state index contributed by atoms with van der Waals surface area (Å²) in [6.45, 7) is 4.63. The average Bonchev–Trinajstić information content (AvgIpc) is 2.76. The fourth-order valence-corrected chi connectivity index (χ4v) is 3.18. The van der Waals surface area contributed by atoms with Gasteiger partial charge in [0, 0.05) is 10.5 Å². The number of rotatable bonds is 5. The Kier molecular flexibility index (Phi) is 9.14. The topological polar surface area (TPSA) is 44.4 Å². The first-order valence-corrected chi connectivity index (χ1v) is 8.81. The van der Waals surface area contributed by atoms with Crippen LogP contribution in [0.3, 0.4) is 0 Å². The molecule has 0 spiro atoms. The average molecular weight is 405 g/mol. The Morgan fingerprint density at radius 2 is 2.04 bits per heavy atom. The van der Waals surface area contributed by atoms with E-state index in [1.54, 1.807) is 0 Å². The number of hydrogen-bond acceptors (Lipinski definition) is 3. The molecule has 0 aromatic heterocycles. The van der Waals surface area contributed by atoms with Crippen LogP contribution in [0.15, 0.2) is 28.7 Å². The molecule has 0 aliphatic carbocycles. The predicted octanol–water partition coefficient (Wildman–Crippen LogP) is 3.12. The van der Waals surface area contributed by atoms with Gasteiger partial charge in [0.1, 0.15) is 0 Å². The van der Waals surface area contributed by atoms with E-state index in [1.165, 1.54) is 12.8 Å². The SMILES string of the molecule is CC(NC(=O)CN(C)C1CCCNCC1)c1ccc(Br)cc1.Cl. The van der Waals surface area contributed by atoms with Crippen LogP contribution in [0.1, 0.15) is 37.8 Å². The van der Waals surface area contributed by atoms with Gasteiger partial charge in [-0.05, 0) is 64.0 Å². The zero-order valence-electron chi connectivity index (χ0n) is 13.8. The van der Waals surface area contributed by atoms with Gasteiger partial charge in [-0.25, -0.2) is 0 Å². The monoisotopic (exact) mass is 403 g/mol. The van der Waals surface area contributed by atoms with Crippen LogP contribution in [-0.4, -0.2) is 43.5 Å². The fourth-order valence-electron chi connectivity index (χ4n) is 2.92. The molecule has 1 fully saturated rings. The van der Waals surface area contributed by atoms with Gasteiger partial charge in [0.25, 0.3) is 0 Å². The van der Waals surface area contributed by atoms with Gasteiger partial charge in [-0.3, -0.25) is 9.69 Å². The van der Waals surface area contributed by atoms with Crippen LogP contribution in [0.4, 0.5) is 0 Å². The number of halogens is 2. The summed E-state index contributed by atoms with van der Waals surface area (Å²) >= 11 is 3.43. The largest absolute Gasteiger partial charge is 0.348 e. The molecule has 130 valence electrons. The summed E-state index contributed by atoms with van der Waals surface area (Å²) in [7, 11) is 2.06. The minimum Gasteiger partial charge on any atom is -0.348 e. The van der Waals surface area contributed by atoms with E-state index in [-0.39, 0.29) is 24.4 Å². The van der Waals surface area contributed by atoms with Crippen LogP contribution >= 0.6 is 28.3 Å². The Bertz CT molecular complexity index is 475. The van der Waals surface area contributed by atoms with E-state index in [9.17, 15) is 4.79 Å². The molecule has 0 radical (unpaired) electrons. The lowest BCUT2D eigenvalue weighted by molar-refractivity contribution is -0.123. The van der Waals surface area contributed by atoms with E-state index in [4.69, 9.17) is 0 Å². The summed E-state index contributed by atoms with van der Waals surface area (Å²) in [6.07, 6.45) is 3.47. The highest BCUT2D eigenvalue weighted by Gasteiger charge is 2.19. The molecule has 2 rings (SSSR count). The second-order valence-electron chi connectivity index (χ2n) is 6.09. The maximum absolute atomic E-state index is 12.3. The smallest absolute Gasteiger partial charge is 0.234 e. The van der Waals surface area contributed by atoms with Crippen LogP contribution in [-0.2, 0) is 4.79 Å². The number of carbonyl (C=O) groups excluding carboxylic acids is 1.